The summed E-state index contributed by atoms with van der Waals surface area (Å²) in [4.78, 5) is 16.2. The van der Waals surface area contributed by atoms with Gasteiger partial charge in [0.25, 0.3) is 0 Å². The molecule has 1 amide bonds. The number of nitrogens with two attached hydrogens (primary N) is 1. The molecular formula is C14H19F2N3OS. The van der Waals surface area contributed by atoms with Crippen LogP contribution in [-0.2, 0) is 4.79 Å². The number of carbonyl (C=O) groups excluding carboxylic acids is 1. The number of anilines is 1. The summed E-state index contributed by atoms with van der Waals surface area (Å²) in [7, 11) is 0. The lowest BCUT2D eigenvalue weighted by Gasteiger charge is -2.31. The highest BCUT2D eigenvalue weighted by Crippen LogP contribution is 2.39. The summed E-state index contributed by atoms with van der Waals surface area (Å²) in [6.45, 7) is 0.936. The normalized spacial score (nSPS) is 22.9. The third-order valence-corrected chi connectivity index (χ3v) is 4.35. The summed E-state index contributed by atoms with van der Waals surface area (Å²) >= 11 is 0.988. The van der Waals surface area contributed by atoms with E-state index in [0.717, 1.165) is 18.9 Å². The second-order valence-corrected chi connectivity index (χ2v) is 6.16. The van der Waals surface area contributed by atoms with Gasteiger partial charge in [-0.2, -0.15) is 0 Å². The Kier molecular flexibility index (Phi) is 5.16. The van der Waals surface area contributed by atoms with Gasteiger partial charge in [0.2, 0.25) is 11.8 Å². The van der Waals surface area contributed by atoms with E-state index in [2.05, 4.69) is 10.3 Å². The Morgan fingerprint density at radius 1 is 1.52 bits per heavy atom. The molecule has 1 fully saturated rings. The van der Waals surface area contributed by atoms with Crippen molar-refractivity contribution in [3.8, 4) is 0 Å². The summed E-state index contributed by atoms with van der Waals surface area (Å²) in [5, 5.41) is 8.77. The zero-order chi connectivity index (χ0) is 15.5. The molecule has 2 rings (SSSR count). The Labute approximate surface area is 127 Å². The minimum Gasteiger partial charge on any atom is -0.326 e. The zero-order valence-corrected chi connectivity index (χ0v) is 12.6. The molecule has 2 atom stereocenters. The fraction of sp³-hybridized carbons (Fsp3) is 0.571. The lowest BCUT2D eigenvalue weighted by molar-refractivity contribution is -0.124. The maximum atomic E-state index is 13.4. The number of aromatic nitrogens is 1. The fourth-order valence-electron chi connectivity index (χ4n) is 2.68. The molecule has 1 aromatic rings. The Morgan fingerprint density at radius 2 is 2.29 bits per heavy atom. The topological polar surface area (TPSA) is 68.0 Å². The highest BCUT2D eigenvalue weighted by molar-refractivity contribution is 7.97. The van der Waals surface area contributed by atoms with Crippen molar-refractivity contribution in [2.45, 2.75) is 43.6 Å². The molecule has 2 unspecified atom stereocenters. The average molecular weight is 315 g/mol. The maximum absolute atomic E-state index is 13.4. The van der Waals surface area contributed by atoms with Gasteiger partial charge in [0.15, 0.2) is 0 Å². The van der Waals surface area contributed by atoms with Crippen LogP contribution < -0.4 is 10.5 Å². The van der Waals surface area contributed by atoms with Crippen molar-refractivity contribution in [1.29, 1.82) is 0 Å². The van der Waals surface area contributed by atoms with Gasteiger partial charge in [-0.05, 0) is 50.3 Å². The van der Waals surface area contributed by atoms with Crippen LogP contribution in [0.5, 0.6) is 0 Å². The average Bonchev–Trinajstić information content (AvgIpc) is 2.46. The van der Waals surface area contributed by atoms with Crippen molar-refractivity contribution in [3.05, 3.63) is 18.3 Å². The van der Waals surface area contributed by atoms with Crippen LogP contribution in [0.3, 0.4) is 0 Å². The van der Waals surface area contributed by atoms with Gasteiger partial charge in [0.05, 0.1) is 0 Å². The first-order valence-electron chi connectivity index (χ1n) is 6.91. The van der Waals surface area contributed by atoms with E-state index in [1.165, 1.54) is 0 Å². The molecule has 0 bridgehead atoms. The molecular weight excluding hydrogens is 296 g/mol. The molecule has 1 aliphatic rings. The summed E-state index contributed by atoms with van der Waals surface area (Å²) in [6.07, 6.45) is 3.58. The van der Waals surface area contributed by atoms with Crippen LogP contribution in [0.15, 0.2) is 23.4 Å². The molecule has 0 spiro atoms. The smallest absolute Gasteiger partial charge is 0.248 e. The van der Waals surface area contributed by atoms with Gasteiger partial charge in [-0.15, -0.1) is 0 Å². The Bertz CT molecular complexity index is 507. The first kappa shape index (κ1) is 16.2. The Morgan fingerprint density at radius 3 is 2.95 bits per heavy atom. The summed E-state index contributed by atoms with van der Waals surface area (Å²) in [5.41, 5.74) is 0.591. The van der Waals surface area contributed by atoms with Crippen molar-refractivity contribution in [3.63, 3.8) is 0 Å². The monoisotopic (exact) mass is 315 g/mol. The molecule has 1 saturated carbocycles. The van der Waals surface area contributed by atoms with Crippen molar-refractivity contribution >= 4 is 23.5 Å². The minimum absolute atomic E-state index is 0.205. The largest absolute Gasteiger partial charge is 0.326 e. The third-order valence-electron chi connectivity index (χ3n) is 3.88. The van der Waals surface area contributed by atoms with E-state index in [9.17, 15) is 13.6 Å². The highest BCUT2D eigenvalue weighted by atomic mass is 32.2. The molecule has 1 aliphatic carbocycles. The van der Waals surface area contributed by atoms with Crippen LogP contribution in [0.25, 0.3) is 0 Å². The van der Waals surface area contributed by atoms with Crippen LogP contribution in [-0.4, -0.2) is 16.8 Å². The molecule has 0 aliphatic heterocycles. The highest BCUT2D eigenvalue weighted by Gasteiger charge is 2.39. The van der Waals surface area contributed by atoms with Crippen molar-refractivity contribution in [2.75, 3.05) is 5.32 Å². The number of pyridine rings is 1. The van der Waals surface area contributed by atoms with E-state index in [0.29, 0.717) is 30.0 Å². The van der Waals surface area contributed by atoms with E-state index < -0.39 is 11.8 Å². The van der Waals surface area contributed by atoms with Gasteiger partial charge < -0.3 is 5.32 Å². The molecule has 116 valence electrons. The van der Waals surface area contributed by atoms with Crippen LogP contribution in [0, 0.1) is 11.8 Å². The first-order valence-corrected chi connectivity index (χ1v) is 7.79. The number of amides is 1. The second-order valence-electron chi connectivity index (χ2n) is 5.51. The molecule has 1 heterocycles. The summed E-state index contributed by atoms with van der Waals surface area (Å²) in [5.74, 6) is -4.01. The SMILES string of the molecule is CC(F)(F)C1CCCC(C(=O)Nc2ccnc(SN)c2)C1. The predicted molar refractivity (Wildman–Crippen MR) is 79.0 cm³/mol. The predicted octanol–water partition coefficient (Wildman–Crippen LogP) is 3.45. The molecule has 0 radical (unpaired) electrons. The molecule has 0 saturated heterocycles. The molecule has 0 aromatic carbocycles. The van der Waals surface area contributed by atoms with Gasteiger partial charge in [0.1, 0.15) is 5.03 Å². The summed E-state index contributed by atoms with van der Waals surface area (Å²) < 4.78 is 26.8. The number of carbonyl (C=O) groups is 1. The van der Waals surface area contributed by atoms with Gasteiger partial charge >= 0.3 is 0 Å². The van der Waals surface area contributed by atoms with Gasteiger partial charge in [-0.25, -0.2) is 13.8 Å². The quantitative estimate of drug-likeness (QED) is 0.835. The van der Waals surface area contributed by atoms with Crippen molar-refractivity contribution in [1.82, 2.24) is 4.98 Å². The third kappa shape index (κ3) is 4.38. The second kappa shape index (κ2) is 6.70. The van der Waals surface area contributed by atoms with Gasteiger partial charge in [-0.3, -0.25) is 9.93 Å². The Hall–Kier alpha value is -1.21. The number of halogens is 2. The minimum atomic E-state index is -2.72. The van der Waals surface area contributed by atoms with E-state index in [4.69, 9.17) is 5.14 Å². The molecule has 1 aromatic heterocycles. The number of hydrogen-bond acceptors (Lipinski definition) is 4. The lowest BCUT2D eigenvalue weighted by atomic mass is 9.78. The number of rotatable bonds is 4. The van der Waals surface area contributed by atoms with Crippen LogP contribution in [0.1, 0.15) is 32.6 Å². The zero-order valence-electron chi connectivity index (χ0n) is 11.8. The van der Waals surface area contributed by atoms with Gasteiger partial charge in [0, 0.05) is 23.7 Å². The number of hydrogen-bond donors (Lipinski definition) is 2. The van der Waals surface area contributed by atoms with Crippen molar-refractivity contribution < 1.29 is 13.6 Å². The maximum Gasteiger partial charge on any atom is 0.248 e. The standard InChI is InChI=1S/C14H19F2N3OS/c1-14(15,16)10-4-2-3-9(7-10)13(20)19-11-5-6-18-12(8-11)21-17/h5-6,8-10H,2-4,7,17H2,1H3,(H,18,19,20). The van der Waals surface area contributed by atoms with Gasteiger partial charge in [-0.1, -0.05) is 6.42 Å². The number of alkyl halides is 2. The van der Waals surface area contributed by atoms with E-state index in [1.54, 1.807) is 18.3 Å². The van der Waals surface area contributed by atoms with Crippen LogP contribution >= 0.6 is 11.9 Å². The van der Waals surface area contributed by atoms with Crippen molar-refractivity contribution in [2.24, 2.45) is 17.0 Å². The van der Waals surface area contributed by atoms with E-state index in [1.807, 2.05) is 0 Å². The van der Waals surface area contributed by atoms with E-state index >= 15 is 0 Å². The molecule has 7 heteroatoms. The first-order chi connectivity index (χ1) is 9.90. The molecule has 4 nitrogen and oxygen atoms in total. The number of nitrogens with zero attached hydrogens (tertiary/aromatic N) is 1. The fourth-order valence-corrected chi connectivity index (χ4v) is 3.00. The van der Waals surface area contributed by atoms with E-state index in [-0.39, 0.29) is 18.2 Å². The number of nitrogens with one attached hydrogen (secondary N) is 1. The van der Waals surface area contributed by atoms with Crippen LogP contribution in [0.2, 0.25) is 0 Å². The van der Waals surface area contributed by atoms with Crippen LogP contribution in [0.4, 0.5) is 14.5 Å². The molecule has 21 heavy (non-hydrogen) atoms. The Balaban J connectivity index is 1.99. The lowest BCUT2D eigenvalue weighted by Crippen LogP contribution is -2.34. The summed E-state index contributed by atoms with van der Waals surface area (Å²) in [6, 6.07) is 3.32. The molecule has 3 N–H and O–H groups in total.